The van der Waals surface area contributed by atoms with Gasteiger partial charge in [-0.2, -0.15) is 0 Å². The zero-order valence-corrected chi connectivity index (χ0v) is 15.4. The van der Waals surface area contributed by atoms with Crippen molar-refractivity contribution in [3.63, 3.8) is 0 Å². The Morgan fingerprint density at radius 3 is 2.88 bits per heavy atom. The van der Waals surface area contributed by atoms with E-state index in [9.17, 15) is 13.2 Å². The molecule has 3 N–H and O–H groups in total. The topological polar surface area (TPSA) is 105 Å². The molecule has 2 heterocycles. The molecule has 138 valence electrons. The summed E-state index contributed by atoms with van der Waals surface area (Å²) in [5.74, 6) is -0.101. The van der Waals surface area contributed by atoms with Crippen LogP contribution in [0.4, 0.5) is 11.4 Å². The smallest absolute Gasteiger partial charge is 0.238 e. The number of nitrogens with one attached hydrogen (secondary N) is 1. The fourth-order valence-electron chi connectivity index (χ4n) is 3.08. The normalized spacial score (nSPS) is 14.0. The number of aromatic nitrogens is 1. The molecule has 0 spiro atoms. The average molecular weight is 374 g/mol. The van der Waals surface area contributed by atoms with Crippen LogP contribution in [0.15, 0.2) is 41.6 Å². The fraction of sp³-hybridized carbons (Fsp3) is 0.333. The van der Waals surface area contributed by atoms with Crippen molar-refractivity contribution in [3.05, 3.63) is 47.8 Å². The molecular formula is C18H22N4O3S. The van der Waals surface area contributed by atoms with Crippen LogP contribution in [0, 0.1) is 6.92 Å². The Hall–Kier alpha value is -2.45. The standard InChI is InChI=1S/C18H22N4O3S/c1-13-6-8-20-12-16(13)21-18(23)7-10-22-9-2-3-14-4-5-15(11-17(14)22)26(19,24)25/h4-6,8,11-12H,2-3,7,9-10H2,1H3,(H,21,23)(H2,19,24,25). The van der Waals surface area contributed by atoms with Gasteiger partial charge in [-0.1, -0.05) is 6.07 Å². The molecule has 8 heteroatoms. The summed E-state index contributed by atoms with van der Waals surface area (Å²) in [6.45, 7) is 3.19. The number of hydrogen-bond acceptors (Lipinski definition) is 5. The number of anilines is 2. The van der Waals surface area contributed by atoms with E-state index >= 15 is 0 Å². The number of fused-ring (bicyclic) bond motifs is 1. The summed E-state index contributed by atoms with van der Waals surface area (Å²) in [5.41, 5.74) is 3.57. The number of carbonyl (C=O) groups excluding carboxylic acids is 1. The average Bonchev–Trinajstić information content (AvgIpc) is 2.60. The Morgan fingerprint density at radius 1 is 1.35 bits per heavy atom. The lowest BCUT2D eigenvalue weighted by atomic mass is 10.0. The van der Waals surface area contributed by atoms with Crippen molar-refractivity contribution in [1.29, 1.82) is 0 Å². The molecule has 1 aromatic heterocycles. The van der Waals surface area contributed by atoms with Gasteiger partial charge in [-0.15, -0.1) is 0 Å². The van der Waals surface area contributed by atoms with Crippen LogP contribution in [0.25, 0.3) is 0 Å². The van der Waals surface area contributed by atoms with Gasteiger partial charge in [0, 0.05) is 31.4 Å². The highest BCUT2D eigenvalue weighted by molar-refractivity contribution is 7.89. The molecule has 0 aliphatic carbocycles. The van der Waals surface area contributed by atoms with Crippen LogP contribution < -0.4 is 15.4 Å². The molecule has 7 nitrogen and oxygen atoms in total. The van der Waals surface area contributed by atoms with E-state index in [4.69, 9.17) is 5.14 Å². The summed E-state index contributed by atoms with van der Waals surface area (Å²) in [5, 5.41) is 8.11. The number of pyridine rings is 1. The minimum atomic E-state index is -3.75. The Bertz CT molecular complexity index is 928. The maximum Gasteiger partial charge on any atom is 0.238 e. The number of carbonyl (C=O) groups is 1. The second-order valence-electron chi connectivity index (χ2n) is 6.41. The van der Waals surface area contributed by atoms with Gasteiger partial charge >= 0.3 is 0 Å². The Balaban J connectivity index is 1.70. The number of amides is 1. The van der Waals surface area contributed by atoms with Gasteiger partial charge < -0.3 is 10.2 Å². The first kappa shape index (κ1) is 18.3. The van der Waals surface area contributed by atoms with E-state index in [2.05, 4.69) is 10.3 Å². The van der Waals surface area contributed by atoms with Gasteiger partial charge in [0.2, 0.25) is 15.9 Å². The van der Waals surface area contributed by atoms with Crippen LogP contribution in [0.2, 0.25) is 0 Å². The lowest BCUT2D eigenvalue weighted by Gasteiger charge is -2.31. The van der Waals surface area contributed by atoms with E-state index in [1.165, 1.54) is 6.07 Å². The predicted molar refractivity (Wildman–Crippen MR) is 101 cm³/mol. The van der Waals surface area contributed by atoms with Crippen molar-refractivity contribution in [2.45, 2.75) is 31.1 Å². The van der Waals surface area contributed by atoms with E-state index in [-0.39, 0.29) is 10.8 Å². The van der Waals surface area contributed by atoms with Crippen LogP contribution in [-0.4, -0.2) is 32.4 Å². The Morgan fingerprint density at radius 2 is 2.15 bits per heavy atom. The summed E-state index contributed by atoms with van der Waals surface area (Å²) in [6, 6.07) is 6.79. The number of nitrogens with two attached hydrogens (primary N) is 1. The third kappa shape index (κ3) is 4.20. The van der Waals surface area contributed by atoms with Crippen LogP contribution in [0.3, 0.4) is 0 Å². The van der Waals surface area contributed by atoms with E-state index in [0.29, 0.717) is 18.7 Å². The van der Waals surface area contributed by atoms with Gasteiger partial charge in [0.15, 0.2) is 0 Å². The molecule has 0 saturated carbocycles. The van der Waals surface area contributed by atoms with E-state index in [0.717, 1.165) is 36.2 Å². The molecule has 0 atom stereocenters. The van der Waals surface area contributed by atoms with Crippen molar-refractivity contribution in [2.75, 3.05) is 23.3 Å². The quantitative estimate of drug-likeness (QED) is 0.830. The highest BCUT2D eigenvalue weighted by Gasteiger charge is 2.20. The molecule has 0 bridgehead atoms. The number of sulfonamides is 1. The summed E-state index contributed by atoms with van der Waals surface area (Å²) in [4.78, 5) is 18.4. The maximum atomic E-state index is 12.3. The molecule has 0 radical (unpaired) electrons. The van der Waals surface area contributed by atoms with Crippen molar-refractivity contribution >= 4 is 27.3 Å². The number of aryl methyl sites for hydroxylation is 2. The molecule has 0 fully saturated rings. The van der Waals surface area contributed by atoms with Gasteiger partial charge in [0.25, 0.3) is 0 Å². The van der Waals surface area contributed by atoms with Crippen molar-refractivity contribution < 1.29 is 13.2 Å². The van der Waals surface area contributed by atoms with Gasteiger partial charge in [-0.05, 0) is 49.1 Å². The molecule has 1 amide bonds. The van der Waals surface area contributed by atoms with Crippen molar-refractivity contribution in [3.8, 4) is 0 Å². The van der Waals surface area contributed by atoms with Gasteiger partial charge in [0.05, 0.1) is 16.8 Å². The van der Waals surface area contributed by atoms with E-state index in [1.54, 1.807) is 24.5 Å². The summed E-state index contributed by atoms with van der Waals surface area (Å²) in [7, 11) is -3.75. The largest absolute Gasteiger partial charge is 0.371 e. The summed E-state index contributed by atoms with van der Waals surface area (Å²) in [6.07, 6.45) is 5.46. The minimum absolute atomic E-state index is 0.0959. The van der Waals surface area contributed by atoms with Gasteiger partial charge in [0.1, 0.15) is 0 Å². The monoisotopic (exact) mass is 374 g/mol. The predicted octanol–water partition coefficient (Wildman–Crippen LogP) is 1.82. The molecule has 1 aliphatic rings. The SMILES string of the molecule is Cc1ccncc1NC(=O)CCN1CCCc2ccc(S(N)(=O)=O)cc21. The first-order valence-electron chi connectivity index (χ1n) is 8.46. The van der Waals surface area contributed by atoms with Crippen LogP contribution in [0.5, 0.6) is 0 Å². The molecule has 2 aromatic rings. The summed E-state index contributed by atoms with van der Waals surface area (Å²) < 4.78 is 23.2. The number of primary sulfonamides is 1. The third-order valence-corrected chi connectivity index (χ3v) is 5.43. The first-order chi connectivity index (χ1) is 12.3. The fourth-order valence-corrected chi connectivity index (χ4v) is 3.62. The number of hydrogen-bond donors (Lipinski definition) is 2. The van der Waals surface area contributed by atoms with Crippen LogP contribution >= 0.6 is 0 Å². The van der Waals surface area contributed by atoms with Crippen LogP contribution in [-0.2, 0) is 21.2 Å². The van der Waals surface area contributed by atoms with Gasteiger partial charge in [-0.3, -0.25) is 9.78 Å². The zero-order valence-electron chi connectivity index (χ0n) is 14.6. The Labute approximate surface area is 153 Å². The van der Waals surface area contributed by atoms with E-state index < -0.39 is 10.0 Å². The van der Waals surface area contributed by atoms with Gasteiger partial charge in [-0.25, -0.2) is 13.6 Å². The van der Waals surface area contributed by atoms with Crippen molar-refractivity contribution in [1.82, 2.24) is 4.98 Å². The molecule has 1 aliphatic heterocycles. The molecule has 1 aromatic carbocycles. The third-order valence-electron chi connectivity index (χ3n) is 4.52. The van der Waals surface area contributed by atoms with Crippen molar-refractivity contribution in [2.24, 2.45) is 5.14 Å². The zero-order chi connectivity index (χ0) is 18.7. The molecular weight excluding hydrogens is 352 g/mol. The summed E-state index contributed by atoms with van der Waals surface area (Å²) >= 11 is 0. The number of nitrogens with zero attached hydrogens (tertiary/aromatic N) is 2. The highest BCUT2D eigenvalue weighted by atomic mass is 32.2. The lowest BCUT2D eigenvalue weighted by Crippen LogP contribution is -2.32. The first-order valence-corrected chi connectivity index (χ1v) is 10.0. The minimum Gasteiger partial charge on any atom is -0.371 e. The molecule has 26 heavy (non-hydrogen) atoms. The number of rotatable bonds is 5. The second kappa shape index (κ2) is 7.43. The molecule has 3 rings (SSSR count). The highest BCUT2D eigenvalue weighted by Crippen LogP contribution is 2.29. The number of benzene rings is 1. The van der Waals surface area contributed by atoms with E-state index in [1.807, 2.05) is 17.9 Å². The second-order valence-corrected chi connectivity index (χ2v) is 7.98. The Kier molecular flexibility index (Phi) is 5.24. The molecule has 0 unspecified atom stereocenters. The maximum absolute atomic E-state index is 12.3. The lowest BCUT2D eigenvalue weighted by molar-refractivity contribution is -0.116. The molecule has 0 saturated heterocycles. The van der Waals surface area contributed by atoms with Crippen LogP contribution in [0.1, 0.15) is 24.0 Å².